The Labute approximate surface area is 71.0 Å². The maximum absolute atomic E-state index is 11.3. The van der Waals surface area contributed by atoms with Gasteiger partial charge in [-0.05, 0) is 24.3 Å². The van der Waals surface area contributed by atoms with E-state index in [-0.39, 0.29) is 11.9 Å². The maximum Gasteiger partial charge on any atom is 0.316 e. The first-order valence-corrected chi connectivity index (χ1v) is 4.08. The highest BCUT2D eigenvalue weighted by Crippen LogP contribution is 2.66. The summed E-state index contributed by atoms with van der Waals surface area (Å²) in [5.74, 6) is 0.0569. The molecule has 2 saturated carbocycles. The van der Waals surface area contributed by atoms with Crippen molar-refractivity contribution in [3.8, 4) is 0 Å². The van der Waals surface area contributed by atoms with Gasteiger partial charge in [0.15, 0.2) is 0 Å². The highest BCUT2D eigenvalue weighted by molar-refractivity contribution is 5.85. The summed E-state index contributed by atoms with van der Waals surface area (Å²) in [4.78, 5) is 11.3. The normalized spacial score (nSPS) is 44.0. The van der Waals surface area contributed by atoms with E-state index in [0.29, 0.717) is 12.0 Å². The number of carbonyl (C=O) groups is 1. The Morgan fingerprint density at radius 1 is 1.83 bits per heavy atom. The predicted octanol–water partition coefficient (Wildman–Crippen LogP) is 0.486. The lowest BCUT2D eigenvalue weighted by atomic mass is 9.98. The second-order valence-electron chi connectivity index (χ2n) is 3.64. The average Bonchev–Trinajstić information content (AvgIpc) is 2.72. The van der Waals surface area contributed by atoms with E-state index in [2.05, 4.69) is 11.3 Å². The van der Waals surface area contributed by atoms with E-state index in [9.17, 15) is 9.90 Å². The SMILES string of the molecule is C=C1[C@@H](O)C[C@@H]2C[C@]12C(=O)OC. The zero-order valence-electron chi connectivity index (χ0n) is 7.04. The van der Waals surface area contributed by atoms with Crippen LogP contribution in [0.4, 0.5) is 0 Å². The Morgan fingerprint density at radius 2 is 2.50 bits per heavy atom. The minimum Gasteiger partial charge on any atom is -0.468 e. The molecule has 0 aliphatic heterocycles. The monoisotopic (exact) mass is 168 g/mol. The molecule has 0 unspecified atom stereocenters. The molecule has 3 atom stereocenters. The number of aliphatic hydroxyl groups excluding tert-OH is 1. The van der Waals surface area contributed by atoms with Crippen molar-refractivity contribution in [3.05, 3.63) is 12.2 Å². The average molecular weight is 168 g/mol. The molecule has 0 radical (unpaired) electrons. The zero-order chi connectivity index (χ0) is 8.93. The van der Waals surface area contributed by atoms with Gasteiger partial charge in [0.1, 0.15) is 0 Å². The lowest BCUT2D eigenvalue weighted by Gasteiger charge is -2.13. The van der Waals surface area contributed by atoms with Crippen LogP contribution < -0.4 is 0 Å². The van der Waals surface area contributed by atoms with Gasteiger partial charge in [0, 0.05) is 0 Å². The zero-order valence-corrected chi connectivity index (χ0v) is 7.04. The van der Waals surface area contributed by atoms with Gasteiger partial charge in [0.2, 0.25) is 0 Å². The van der Waals surface area contributed by atoms with E-state index in [1.54, 1.807) is 0 Å². The molecule has 3 nitrogen and oxygen atoms in total. The second-order valence-corrected chi connectivity index (χ2v) is 3.64. The quantitative estimate of drug-likeness (QED) is 0.457. The Hall–Kier alpha value is -0.830. The van der Waals surface area contributed by atoms with Crippen molar-refractivity contribution >= 4 is 5.97 Å². The number of esters is 1. The molecule has 0 aromatic rings. The molecule has 12 heavy (non-hydrogen) atoms. The fourth-order valence-corrected chi connectivity index (χ4v) is 2.28. The number of fused-ring (bicyclic) bond motifs is 1. The van der Waals surface area contributed by atoms with Gasteiger partial charge in [0.25, 0.3) is 0 Å². The second kappa shape index (κ2) is 2.10. The van der Waals surface area contributed by atoms with E-state index in [0.717, 1.165) is 6.42 Å². The molecule has 0 spiro atoms. The van der Waals surface area contributed by atoms with Gasteiger partial charge in [-0.3, -0.25) is 4.79 Å². The number of methoxy groups -OCH3 is 1. The summed E-state index contributed by atoms with van der Waals surface area (Å²) in [5, 5.41) is 9.40. The molecule has 66 valence electrons. The summed E-state index contributed by atoms with van der Waals surface area (Å²) in [6.07, 6.45) is 0.992. The standard InChI is InChI=1S/C9H12O3/c1-5-7(10)3-6-4-9(5,6)8(11)12-2/h6-7,10H,1,3-4H2,2H3/t6-,7+,9+/m1/s1. The van der Waals surface area contributed by atoms with Crippen LogP contribution in [0.5, 0.6) is 0 Å². The number of aliphatic hydroxyl groups is 1. The van der Waals surface area contributed by atoms with Crippen LogP contribution in [0.2, 0.25) is 0 Å². The van der Waals surface area contributed by atoms with Gasteiger partial charge >= 0.3 is 5.97 Å². The molecule has 0 saturated heterocycles. The molecule has 2 rings (SSSR count). The van der Waals surface area contributed by atoms with E-state index in [1.165, 1.54) is 7.11 Å². The first-order chi connectivity index (χ1) is 5.63. The van der Waals surface area contributed by atoms with Crippen molar-refractivity contribution in [1.82, 2.24) is 0 Å². The number of ether oxygens (including phenoxy) is 1. The molecule has 2 fully saturated rings. The van der Waals surface area contributed by atoms with Crippen LogP contribution in [0.15, 0.2) is 12.2 Å². The van der Waals surface area contributed by atoms with Crippen LogP contribution in [-0.2, 0) is 9.53 Å². The summed E-state index contributed by atoms with van der Waals surface area (Å²) in [7, 11) is 1.38. The molecule has 0 bridgehead atoms. The largest absolute Gasteiger partial charge is 0.468 e. The molecule has 0 aromatic carbocycles. The number of rotatable bonds is 1. The molecule has 2 aliphatic rings. The van der Waals surface area contributed by atoms with Crippen molar-refractivity contribution < 1.29 is 14.6 Å². The third-order valence-electron chi connectivity index (χ3n) is 3.14. The fourth-order valence-electron chi connectivity index (χ4n) is 2.28. The van der Waals surface area contributed by atoms with E-state index < -0.39 is 11.5 Å². The van der Waals surface area contributed by atoms with Gasteiger partial charge in [-0.25, -0.2) is 0 Å². The van der Waals surface area contributed by atoms with Crippen LogP contribution in [-0.4, -0.2) is 24.3 Å². The minimum atomic E-state index is -0.506. The van der Waals surface area contributed by atoms with Crippen LogP contribution in [0.3, 0.4) is 0 Å². The smallest absolute Gasteiger partial charge is 0.316 e. The third kappa shape index (κ3) is 0.672. The van der Waals surface area contributed by atoms with Crippen molar-refractivity contribution in [2.45, 2.75) is 18.9 Å². The van der Waals surface area contributed by atoms with Gasteiger partial charge in [0.05, 0.1) is 18.6 Å². The molecule has 0 amide bonds. The minimum absolute atomic E-state index is 0.228. The molecule has 3 heteroatoms. The fraction of sp³-hybridized carbons (Fsp3) is 0.667. The number of hydrogen-bond acceptors (Lipinski definition) is 3. The van der Waals surface area contributed by atoms with Gasteiger partial charge in [-0.2, -0.15) is 0 Å². The van der Waals surface area contributed by atoms with Crippen LogP contribution in [0, 0.1) is 11.3 Å². The first kappa shape index (κ1) is 7.80. The van der Waals surface area contributed by atoms with Crippen LogP contribution in [0.25, 0.3) is 0 Å². The van der Waals surface area contributed by atoms with Crippen molar-refractivity contribution in [3.63, 3.8) is 0 Å². The summed E-state index contributed by atoms with van der Waals surface area (Å²) < 4.78 is 4.69. The maximum atomic E-state index is 11.3. The summed E-state index contributed by atoms with van der Waals surface area (Å²) in [6.45, 7) is 3.75. The molecule has 0 aromatic heterocycles. The van der Waals surface area contributed by atoms with Crippen molar-refractivity contribution in [2.75, 3.05) is 7.11 Å². The molecule has 0 heterocycles. The summed E-state index contributed by atoms with van der Waals surface area (Å²) in [5.41, 5.74) is 0.146. The number of carbonyl (C=O) groups excluding carboxylic acids is 1. The summed E-state index contributed by atoms with van der Waals surface area (Å²) >= 11 is 0. The Kier molecular flexibility index (Phi) is 1.37. The number of hydrogen-bond donors (Lipinski definition) is 1. The first-order valence-electron chi connectivity index (χ1n) is 4.08. The molecular formula is C9H12O3. The molecule has 2 aliphatic carbocycles. The lowest BCUT2D eigenvalue weighted by molar-refractivity contribution is -0.145. The van der Waals surface area contributed by atoms with Gasteiger partial charge < -0.3 is 9.84 Å². The van der Waals surface area contributed by atoms with E-state index >= 15 is 0 Å². The third-order valence-corrected chi connectivity index (χ3v) is 3.14. The van der Waals surface area contributed by atoms with Crippen LogP contribution in [0.1, 0.15) is 12.8 Å². The van der Waals surface area contributed by atoms with Crippen molar-refractivity contribution in [1.29, 1.82) is 0 Å². The Balaban J connectivity index is 2.26. The van der Waals surface area contributed by atoms with Crippen LogP contribution >= 0.6 is 0 Å². The van der Waals surface area contributed by atoms with E-state index in [1.807, 2.05) is 0 Å². The Bertz CT molecular complexity index is 258. The topological polar surface area (TPSA) is 46.5 Å². The van der Waals surface area contributed by atoms with Gasteiger partial charge in [-0.1, -0.05) is 6.58 Å². The Morgan fingerprint density at radius 3 is 2.92 bits per heavy atom. The highest BCUT2D eigenvalue weighted by atomic mass is 16.5. The molecular weight excluding hydrogens is 156 g/mol. The van der Waals surface area contributed by atoms with Crippen molar-refractivity contribution in [2.24, 2.45) is 11.3 Å². The van der Waals surface area contributed by atoms with E-state index in [4.69, 9.17) is 0 Å². The van der Waals surface area contributed by atoms with Gasteiger partial charge in [-0.15, -0.1) is 0 Å². The predicted molar refractivity (Wildman–Crippen MR) is 42.3 cm³/mol. The summed E-state index contributed by atoms with van der Waals surface area (Å²) in [6, 6.07) is 0. The molecule has 1 N–H and O–H groups in total. The lowest BCUT2D eigenvalue weighted by Crippen LogP contribution is -2.22. The highest BCUT2D eigenvalue weighted by Gasteiger charge is 2.68.